The van der Waals surface area contributed by atoms with Crippen molar-refractivity contribution >= 4 is 0 Å². The van der Waals surface area contributed by atoms with E-state index >= 15 is 0 Å². The van der Waals surface area contributed by atoms with Crippen LogP contribution in [0.3, 0.4) is 0 Å². The van der Waals surface area contributed by atoms with Crippen molar-refractivity contribution in [3.63, 3.8) is 0 Å². The van der Waals surface area contributed by atoms with Gasteiger partial charge in [-0.3, -0.25) is 0 Å². The molecule has 0 radical (unpaired) electrons. The van der Waals surface area contributed by atoms with E-state index in [0.717, 1.165) is 6.04 Å². The van der Waals surface area contributed by atoms with E-state index in [1.54, 1.807) is 0 Å². The van der Waals surface area contributed by atoms with E-state index < -0.39 is 0 Å². The van der Waals surface area contributed by atoms with Crippen LogP contribution in [0.1, 0.15) is 32.6 Å². The van der Waals surface area contributed by atoms with Gasteiger partial charge in [0.25, 0.3) is 0 Å². The molecule has 0 atom stereocenters. The Morgan fingerprint density at radius 2 is 2.09 bits per heavy atom. The van der Waals surface area contributed by atoms with Crippen LogP contribution in [0.2, 0.25) is 0 Å². The maximum Gasteiger partial charge on any atom is 0.00967 e. The zero-order chi connectivity index (χ0) is 7.90. The largest absolute Gasteiger partial charge is 0.328 e. The standard InChI is InChI=1S/C9H18N2/c1-9(2-3-9)6-11-8-4-7(10)5-8/h7-8,11H,2-6,10H2,1H3. The first-order valence-electron chi connectivity index (χ1n) is 4.67. The summed E-state index contributed by atoms with van der Waals surface area (Å²) in [5.41, 5.74) is 6.34. The minimum absolute atomic E-state index is 0.486. The highest BCUT2D eigenvalue weighted by Gasteiger charge is 2.38. The average Bonchev–Trinajstić information content (AvgIpc) is 2.59. The highest BCUT2D eigenvalue weighted by atomic mass is 15.0. The molecule has 2 aliphatic rings. The summed E-state index contributed by atoms with van der Waals surface area (Å²) in [5.74, 6) is 0. The summed E-state index contributed by atoms with van der Waals surface area (Å²) in [4.78, 5) is 0. The van der Waals surface area contributed by atoms with Gasteiger partial charge in [0.05, 0.1) is 0 Å². The van der Waals surface area contributed by atoms with E-state index in [4.69, 9.17) is 5.73 Å². The number of hydrogen-bond acceptors (Lipinski definition) is 2. The molecule has 0 spiro atoms. The van der Waals surface area contributed by atoms with Crippen molar-refractivity contribution in [2.45, 2.75) is 44.7 Å². The summed E-state index contributed by atoms with van der Waals surface area (Å²) in [5, 5.41) is 3.57. The van der Waals surface area contributed by atoms with Crippen molar-refractivity contribution in [3.05, 3.63) is 0 Å². The summed E-state index contributed by atoms with van der Waals surface area (Å²) in [6.07, 6.45) is 5.21. The van der Waals surface area contributed by atoms with Crippen LogP contribution in [0, 0.1) is 5.41 Å². The van der Waals surface area contributed by atoms with Crippen molar-refractivity contribution < 1.29 is 0 Å². The van der Waals surface area contributed by atoms with Crippen molar-refractivity contribution in [2.75, 3.05) is 6.54 Å². The van der Waals surface area contributed by atoms with Crippen LogP contribution in [0.4, 0.5) is 0 Å². The Hall–Kier alpha value is -0.0800. The Bertz CT molecular complexity index is 146. The quantitative estimate of drug-likeness (QED) is 0.633. The normalized spacial score (nSPS) is 39.8. The lowest BCUT2D eigenvalue weighted by Crippen LogP contribution is -2.49. The molecular weight excluding hydrogens is 136 g/mol. The molecule has 2 rings (SSSR count). The minimum Gasteiger partial charge on any atom is -0.328 e. The van der Waals surface area contributed by atoms with Crippen LogP contribution in [0.25, 0.3) is 0 Å². The molecular formula is C9H18N2. The van der Waals surface area contributed by atoms with E-state index in [2.05, 4.69) is 12.2 Å². The van der Waals surface area contributed by atoms with Gasteiger partial charge in [0.2, 0.25) is 0 Å². The van der Waals surface area contributed by atoms with E-state index in [1.165, 1.54) is 32.2 Å². The molecule has 0 bridgehead atoms. The second kappa shape index (κ2) is 2.46. The third kappa shape index (κ3) is 1.74. The topological polar surface area (TPSA) is 38.0 Å². The van der Waals surface area contributed by atoms with Gasteiger partial charge >= 0.3 is 0 Å². The van der Waals surface area contributed by atoms with Gasteiger partial charge in [0, 0.05) is 18.6 Å². The summed E-state index contributed by atoms with van der Waals surface area (Å²) in [6, 6.07) is 1.22. The lowest BCUT2D eigenvalue weighted by Gasteiger charge is -2.34. The first kappa shape index (κ1) is 7.56. The average molecular weight is 154 g/mol. The second-order valence-electron chi connectivity index (χ2n) is 4.62. The minimum atomic E-state index is 0.486. The highest BCUT2D eigenvalue weighted by Crippen LogP contribution is 2.44. The lowest BCUT2D eigenvalue weighted by molar-refractivity contribution is 0.276. The summed E-state index contributed by atoms with van der Waals surface area (Å²) in [6.45, 7) is 3.57. The molecule has 11 heavy (non-hydrogen) atoms. The van der Waals surface area contributed by atoms with E-state index in [-0.39, 0.29) is 0 Å². The van der Waals surface area contributed by atoms with Crippen molar-refractivity contribution in [1.82, 2.24) is 5.32 Å². The number of nitrogens with one attached hydrogen (secondary N) is 1. The lowest BCUT2D eigenvalue weighted by atomic mass is 9.87. The molecule has 3 N–H and O–H groups in total. The van der Waals surface area contributed by atoms with E-state index in [9.17, 15) is 0 Å². The fraction of sp³-hybridized carbons (Fsp3) is 1.00. The van der Waals surface area contributed by atoms with Crippen LogP contribution < -0.4 is 11.1 Å². The van der Waals surface area contributed by atoms with E-state index in [0.29, 0.717) is 11.5 Å². The second-order valence-corrected chi connectivity index (χ2v) is 4.62. The molecule has 2 heteroatoms. The predicted octanol–water partition coefficient (Wildman–Crippen LogP) is 0.866. The molecule has 0 aromatic carbocycles. The molecule has 2 aliphatic carbocycles. The van der Waals surface area contributed by atoms with Crippen LogP contribution in [0.5, 0.6) is 0 Å². The molecule has 0 saturated heterocycles. The maximum absolute atomic E-state index is 5.68. The van der Waals surface area contributed by atoms with Crippen molar-refractivity contribution in [1.29, 1.82) is 0 Å². The van der Waals surface area contributed by atoms with Crippen LogP contribution in [-0.4, -0.2) is 18.6 Å². The molecule has 2 nitrogen and oxygen atoms in total. The van der Waals surface area contributed by atoms with Gasteiger partial charge in [-0.05, 0) is 31.1 Å². The molecule has 0 aromatic heterocycles. The third-order valence-electron chi connectivity index (χ3n) is 3.10. The highest BCUT2D eigenvalue weighted by molar-refractivity contribution is 4.94. The van der Waals surface area contributed by atoms with Gasteiger partial charge in [-0.1, -0.05) is 6.92 Å². The SMILES string of the molecule is CC1(CNC2CC(N)C2)CC1. The van der Waals surface area contributed by atoms with Crippen molar-refractivity contribution in [2.24, 2.45) is 11.1 Å². The van der Waals surface area contributed by atoms with Gasteiger partial charge in [-0.15, -0.1) is 0 Å². The Labute approximate surface area is 68.5 Å². The number of rotatable bonds is 3. The molecule has 0 aliphatic heterocycles. The summed E-state index contributed by atoms with van der Waals surface area (Å²) >= 11 is 0. The molecule has 2 saturated carbocycles. The first-order valence-corrected chi connectivity index (χ1v) is 4.67. The molecule has 2 fully saturated rings. The Morgan fingerprint density at radius 1 is 1.45 bits per heavy atom. The fourth-order valence-electron chi connectivity index (χ4n) is 1.61. The Balaban J connectivity index is 1.61. The first-order chi connectivity index (χ1) is 5.18. The molecule has 0 unspecified atom stereocenters. The zero-order valence-electron chi connectivity index (χ0n) is 7.27. The molecule has 0 aromatic rings. The molecule has 0 amide bonds. The maximum atomic E-state index is 5.68. The van der Waals surface area contributed by atoms with Gasteiger partial charge in [-0.2, -0.15) is 0 Å². The third-order valence-corrected chi connectivity index (χ3v) is 3.10. The molecule has 64 valence electrons. The Morgan fingerprint density at radius 3 is 2.55 bits per heavy atom. The van der Waals surface area contributed by atoms with E-state index in [1.807, 2.05) is 0 Å². The van der Waals surface area contributed by atoms with Crippen LogP contribution in [0.15, 0.2) is 0 Å². The monoisotopic (exact) mass is 154 g/mol. The molecule has 0 heterocycles. The van der Waals surface area contributed by atoms with Gasteiger partial charge in [0.1, 0.15) is 0 Å². The van der Waals surface area contributed by atoms with Gasteiger partial charge < -0.3 is 11.1 Å². The Kier molecular flexibility index (Phi) is 1.69. The smallest absolute Gasteiger partial charge is 0.00967 e. The summed E-state index contributed by atoms with van der Waals surface area (Å²) < 4.78 is 0. The van der Waals surface area contributed by atoms with Crippen LogP contribution in [-0.2, 0) is 0 Å². The number of nitrogens with two attached hydrogens (primary N) is 1. The van der Waals surface area contributed by atoms with Gasteiger partial charge in [0.15, 0.2) is 0 Å². The van der Waals surface area contributed by atoms with Crippen molar-refractivity contribution in [3.8, 4) is 0 Å². The number of hydrogen-bond donors (Lipinski definition) is 2. The van der Waals surface area contributed by atoms with Gasteiger partial charge in [-0.25, -0.2) is 0 Å². The van der Waals surface area contributed by atoms with Crippen LogP contribution >= 0.6 is 0 Å². The summed E-state index contributed by atoms with van der Waals surface area (Å²) in [7, 11) is 0. The zero-order valence-corrected chi connectivity index (χ0v) is 7.27. The fourth-order valence-corrected chi connectivity index (χ4v) is 1.61. The predicted molar refractivity (Wildman–Crippen MR) is 46.3 cm³/mol.